The van der Waals surface area contributed by atoms with Gasteiger partial charge in [0.1, 0.15) is 0 Å². The predicted octanol–water partition coefficient (Wildman–Crippen LogP) is 1.93. The summed E-state index contributed by atoms with van der Waals surface area (Å²) in [5.74, 6) is 1.22. The molecule has 0 aliphatic carbocycles. The van der Waals surface area contributed by atoms with Gasteiger partial charge in [-0.25, -0.2) is 0 Å². The lowest BCUT2D eigenvalue weighted by molar-refractivity contribution is -0.0581. The van der Waals surface area contributed by atoms with E-state index < -0.39 is 0 Å². The van der Waals surface area contributed by atoms with Crippen LogP contribution in [0.15, 0.2) is 0 Å². The zero-order valence-electron chi connectivity index (χ0n) is 8.15. The molecule has 0 N–H and O–H groups in total. The maximum atomic E-state index is 8.53. The second-order valence-electron chi connectivity index (χ2n) is 3.73. The molecule has 2 fully saturated rings. The molecule has 0 radical (unpaired) electrons. The summed E-state index contributed by atoms with van der Waals surface area (Å²) in [5.41, 5.74) is 0. The zero-order valence-corrected chi connectivity index (χ0v) is 8.96. The van der Waals surface area contributed by atoms with E-state index in [-0.39, 0.29) is 12.4 Å². The third kappa shape index (κ3) is 2.41. The lowest BCUT2D eigenvalue weighted by Crippen LogP contribution is -2.27. The van der Waals surface area contributed by atoms with Gasteiger partial charge in [-0.05, 0) is 18.6 Å². The molecule has 0 amide bonds. The van der Waals surface area contributed by atoms with Crippen molar-refractivity contribution in [3.05, 3.63) is 0 Å². The number of thioether (sulfide) groups is 1. The van der Waals surface area contributed by atoms with Crippen LogP contribution in [0.4, 0.5) is 0 Å². The van der Waals surface area contributed by atoms with Crippen LogP contribution in [0.2, 0.25) is 0 Å². The summed E-state index contributed by atoms with van der Waals surface area (Å²) in [4.78, 5) is 0. The highest BCUT2D eigenvalue weighted by Crippen LogP contribution is 2.32. The van der Waals surface area contributed by atoms with Crippen molar-refractivity contribution in [2.45, 2.75) is 43.3 Å². The molecule has 14 heavy (non-hydrogen) atoms. The fourth-order valence-corrected chi connectivity index (χ4v) is 3.16. The Labute approximate surface area is 88.8 Å². The molecule has 3 atom stereocenters. The van der Waals surface area contributed by atoms with Gasteiger partial charge in [-0.3, -0.25) is 0 Å². The minimum absolute atomic E-state index is 0.00697. The maximum Gasteiger partial charge on any atom is 0.169 e. The highest BCUT2D eigenvalue weighted by Gasteiger charge is 2.33. The van der Waals surface area contributed by atoms with E-state index in [4.69, 9.17) is 14.7 Å². The first-order valence-electron chi connectivity index (χ1n) is 5.16. The predicted molar refractivity (Wildman–Crippen MR) is 54.9 cm³/mol. The van der Waals surface area contributed by atoms with Crippen LogP contribution in [0, 0.1) is 11.3 Å². The van der Waals surface area contributed by atoms with Gasteiger partial charge in [0, 0.05) is 0 Å². The van der Waals surface area contributed by atoms with Crippen LogP contribution in [0.1, 0.15) is 25.7 Å². The largest absolute Gasteiger partial charge is 0.349 e. The number of hydrogen-bond donors (Lipinski definition) is 0. The van der Waals surface area contributed by atoms with Crippen molar-refractivity contribution in [2.24, 2.45) is 0 Å². The molecule has 0 aromatic heterocycles. The van der Waals surface area contributed by atoms with Gasteiger partial charge < -0.3 is 9.47 Å². The highest BCUT2D eigenvalue weighted by molar-refractivity contribution is 8.00. The van der Waals surface area contributed by atoms with Gasteiger partial charge in [0.2, 0.25) is 0 Å². The number of nitrogens with zero attached hydrogens (tertiary/aromatic N) is 1. The molecule has 0 aromatic carbocycles. The Kier molecular flexibility index (Phi) is 3.68. The summed E-state index contributed by atoms with van der Waals surface area (Å²) >= 11 is 1.95. The summed E-state index contributed by atoms with van der Waals surface area (Å²) in [6.07, 6.45) is 4.19. The van der Waals surface area contributed by atoms with Crippen molar-refractivity contribution < 1.29 is 9.47 Å². The van der Waals surface area contributed by atoms with Crippen molar-refractivity contribution >= 4 is 11.8 Å². The maximum absolute atomic E-state index is 8.53. The van der Waals surface area contributed by atoms with Gasteiger partial charge in [-0.15, -0.1) is 0 Å². The Bertz CT molecular complexity index is 223. The van der Waals surface area contributed by atoms with Gasteiger partial charge >= 0.3 is 0 Å². The monoisotopic (exact) mass is 213 g/mol. The number of rotatable bonds is 2. The third-order valence-corrected chi connectivity index (χ3v) is 4.02. The van der Waals surface area contributed by atoms with Gasteiger partial charge in [0.15, 0.2) is 6.29 Å². The van der Waals surface area contributed by atoms with Crippen LogP contribution in [0.25, 0.3) is 0 Å². The van der Waals surface area contributed by atoms with Crippen molar-refractivity contribution in [2.75, 3.05) is 12.4 Å². The van der Waals surface area contributed by atoms with Gasteiger partial charge in [0.25, 0.3) is 0 Å². The van der Waals surface area contributed by atoms with Crippen molar-refractivity contribution in [1.82, 2.24) is 0 Å². The van der Waals surface area contributed by atoms with Crippen molar-refractivity contribution in [3.63, 3.8) is 0 Å². The third-order valence-electron chi connectivity index (χ3n) is 2.61. The Morgan fingerprint density at radius 3 is 3.07 bits per heavy atom. The summed E-state index contributed by atoms with van der Waals surface area (Å²) < 4.78 is 11.2. The Balaban J connectivity index is 1.79. The lowest BCUT2D eigenvalue weighted by atomic mass is 10.2. The molecule has 2 heterocycles. The number of nitriles is 1. The molecule has 78 valence electrons. The topological polar surface area (TPSA) is 42.2 Å². The summed E-state index contributed by atoms with van der Waals surface area (Å²) in [6.45, 7) is 0.593. The molecular weight excluding hydrogens is 198 g/mol. The SMILES string of the molecule is N#CCC1COC(C2CCCCS2)O1. The van der Waals surface area contributed by atoms with E-state index >= 15 is 0 Å². The van der Waals surface area contributed by atoms with Crippen LogP contribution in [-0.4, -0.2) is 30.0 Å². The molecule has 2 aliphatic heterocycles. The standard InChI is InChI=1S/C10H15NO2S/c11-5-4-8-7-12-10(13-8)9-3-1-2-6-14-9/h8-10H,1-4,6-7H2. The first-order valence-corrected chi connectivity index (χ1v) is 6.20. The second-order valence-corrected chi connectivity index (χ2v) is 5.07. The van der Waals surface area contributed by atoms with Crippen LogP contribution in [-0.2, 0) is 9.47 Å². The normalized spacial score (nSPS) is 38.1. The number of hydrogen-bond acceptors (Lipinski definition) is 4. The van der Waals surface area contributed by atoms with E-state index in [2.05, 4.69) is 6.07 Å². The summed E-state index contributed by atoms with van der Waals surface area (Å²) in [6, 6.07) is 2.12. The first-order chi connectivity index (χ1) is 6.90. The van der Waals surface area contributed by atoms with Crippen molar-refractivity contribution in [3.8, 4) is 6.07 Å². The molecule has 2 aliphatic rings. The Morgan fingerprint density at radius 2 is 2.36 bits per heavy atom. The molecule has 0 saturated carbocycles. The molecule has 4 heteroatoms. The van der Waals surface area contributed by atoms with Crippen molar-refractivity contribution in [1.29, 1.82) is 5.26 Å². The number of ether oxygens (including phenoxy) is 2. The van der Waals surface area contributed by atoms with Gasteiger partial charge in [-0.1, -0.05) is 6.42 Å². The van der Waals surface area contributed by atoms with Crippen LogP contribution in [0.5, 0.6) is 0 Å². The quantitative estimate of drug-likeness (QED) is 0.703. The Morgan fingerprint density at radius 1 is 1.43 bits per heavy atom. The van der Waals surface area contributed by atoms with E-state index in [0.29, 0.717) is 18.3 Å². The molecule has 0 spiro atoms. The first kappa shape index (κ1) is 10.3. The average Bonchev–Trinajstić information content (AvgIpc) is 2.68. The Hall–Kier alpha value is -0.240. The molecule has 0 bridgehead atoms. The van der Waals surface area contributed by atoms with E-state index in [1.54, 1.807) is 0 Å². The van der Waals surface area contributed by atoms with E-state index in [1.165, 1.54) is 25.0 Å². The van der Waals surface area contributed by atoms with Gasteiger partial charge in [-0.2, -0.15) is 17.0 Å². The van der Waals surface area contributed by atoms with E-state index in [1.807, 2.05) is 11.8 Å². The van der Waals surface area contributed by atoms with Crippen LogP contribution in [0.3, 0.4) is 0 Å². The summed E-state index contributed by atoms with van der Waals surface area (Å²) in [5, 5.41) is 9.03. The minimum Gasteiger partial charge on any atom is -0.349 e. The molecule has 2 saturated heterocycles. The molecule has 3 nitrogen and oxygen atoms in total. The molecule has 0 aromatic rings. The van der Waals surface area contributed by atoms with Crippen LogP contribution >= 0.6 is 11.8 Å². The van der Waals surface area contributed by atoms with E-state index in [9.17, 15) is 0 Å². The fourth-order valence-electron chi connectivity index (χ4n) is 1.85. The fraction of sp³-hybridized carbons (Fsp3) is 0.900. The average molecular weight is 213 g/mol. The van der Waals surface area contributed by atoms with Crippen LogP contribution < -0.4 is 0 Å². The minimum atomic E-state index is -0.0568. The molecule has 3 unspecified atom stereocenters. The summed E-state index contributed by atoms with van der Waals surface area (Å²) in [7, 11) is 0. The lowest BCUT2D eigenvalue weighted by Gasteiger charge is -2.25. The highest BCUT2D eigenvalue weighted by atomic mass is 32.2. The zero-order chi connectivity index (χ0) is 9.80. The van der Waals surface area contributed by atoms with Gasteiger partial charge in [0.05, 0.1) is 30.5 Å². The second kappa shape index (κ2) is 5.01. The molecule has 2 rings (SSSR count). The molecular formula is C10H15NO2S. The van der Waals surface area contributed by atoms with E-state index in [0.717, 1.165) is 0 Å². The smallest absolute Gasteiger partial charge is 0.169 e.